The fourth-order valence-electron chi connectivity index (χ4n) is 2.34. The first-order chi connectivity index (χ1) is 9.36. The van der Waals surface area contributed by atoms with Gasteiger partial charge in [-0.3, -0.25) is 4.99 Å². The van der Waals surface area contributed by atoms with Crippen LogP contribution < -0.4 is 10.6 Å². The Morgan fingerprint density at radius 1 is 1.10 bits per heavy atom. The molecule has 0 unspecified atom stereocenters. The highest BCUT2D eigenvalue weighted by molar-refractivity contribution is 14.0. The normalized spacial score (nSPS) is 17.2. The molecule has 2 N–H and O–H groups in total. The minimum Gasteiger partial charge on any atom is -0.385 e. The summed E-state index contributed by atoms with van der Waals surface area (Å²) in [6.45, 7) is 6.26. The van der Waals surface area contributed by atoms with Gasteiger partial charge in [-0.25, -0.2) is 0 Å². The second-order valence-electron chi connectivity index (χ2n) is 5.03. The second kappa shape index (κ2) is 13.9. The van der Waals surface area contributed by atoms with Crippen molar-refractivity contribution in [3.05, 3.63) is 0 Å². The van der Waals surface area contributed by atoms with Crippen LogP contribution in [0.1, 0.15) is 32.1 Å². The van der Waals surface area contributed by atoms with Crippen molar-refractivity contribution in [3.63, 3.8) is 0 Å². The van der Waals surface area contributed by atoms with Crippen molar-refractivity contribution < 1.29 is 4.74 Å². The minimum absolute atomic E-state index is 0. The molecule has 5 nitrogen and oxygen atoms in total. The summed E-state index contributed by atoms with van der Waals surface area (Å²) < 4.78 is 5.02. The molecule has 0 radical (unpaired) electrons. The van der Waals surface area contributed by atoms with E-state index in [0.29, 0.717) is 0 Å². The largest absolute Gasteiger partial charge is 0.385 e. The van der Waals surface area contributed by atoms with Crippen LogP contribution in [0.15, 0.2) is 4.99 Å². The van der Waals surface area contributed by atoms with Gasteiger partial charge in [0.05, 0.1) is 0 Å². The number of rotatable bonds is 7. The zero-order valence-electron chi connectivity index (χ0n) is 13.0. The van der Waals surface area contributed by atoms with Gasteiger partial charge < -0.3 is 20.3 Å². The van der Waals surface area contributed by atoms with Gasteiger partial charge in [0, 0.05) is 40.4 Å². The van der Waals surface area contributed by atoms with Crippen LogP contribution in [0.2, 0.25) is 0 Å². The van der Waals surface area contributed by atoms with Gasteiger partial charge in [-0.1, -0.05) is 12.8 Å². The Labute approximate surface area is 140 Å². The van der Waals surface area contributed by atoms with Gasteiger partial charge in [-0.2, -0.15) is 0 Å². The number of halogens is 1. The number of hydrogen-bond donors (Lipinski definition) is 2. The highest BCUT2D eigenvalue weighted by Gasteiger charge is 2.08. The van der Waals surface area contributed by atoms with E-state index in [1.807, 2.05) is 7.05 Å². The second-order valence-corrected chi connectivity index (χ2v) is 5.03. The lowest BCUT2D eigenvalue weighted by Crippen LogP contribution is -2.42. The maximum Gasteiger partial charge on any atom is 0.191 e. The van der Waals surface area contributed by atoms with Crippen LogP contribution in [0.5, 0.6) is 0 Å². The van der Waals surface area contributed by atoms with Crippen molar-refractivity contribution in [2.45, 2.75) is 32.1 Å². The van der Waals surface area contributed by atoms with E-state index in [9.17, 15) is 0 Å². The molecule has 1 fully saturated rings. The Hall–Kier alpha value is -0.0800. The first-order valence-electron chi connectivity index (χ1n) is 7.52. The van der Waals surface area contributed by atoms with Crippen molar-refractivity contribution >= 4 is 29.9 Å². The number of methoxy groups -OCH3 is 1. The Balaban J connectivity index is 0.00000361. The molecule has 0 spiro atoms. The molecule has 0 aromatic rings. The predicted octanol–water partition coefficient (Wildman–Crippen LogP) is 1.68. The quantitative estimate of drug-likeness (QED) is 0.297. The van der Waals surface area contributed by atoms with Gasteiger partial charge in [0.1, 0.15) is 0 Å². The van der Waals surface area contributed by atoms with Crippen molar-refractivity contribution in [2.75, 3.05) is 53.5 Å². The first kappa shape index (κ1) is 19.9. The molecule has 1 heterocycles. The van der Waals surface area contributed by atoms with E-state index in [2.05, 4.69) is 20.5 Å². The molecule has 0 aliphatic carbocycles. The molecule has 0 atom stereocenters. The zero-order chi connectivity index (χ0) is 13.8. The van der Waals surface area contributed by atoms with Crippen LogP contribution in [0.4, 0.5) is 0 Å². The lowest BCUT2D eigenvalue weighted by atomic mass is 10.2. The lowest BCUT2D eigenvalue weighted by molar-refractivity contribution is 0.195. The van der Waals surface area contributed by atoms with Crippen LogP contribution in [0, 0.1) is 0 Å². The van der Waals surface area contributed by atoms with E-state index in [1.54, 1.807) is 7.11 Å². The summed E-state index contributed by atoms with van der Waals surface area (Å²) in [4.78, 5) is 6.78. The fourth-order valence-corrected chi connectivity index (χ4v) is 2.34. The molecular formula is C14H31IN4O. The summed E-state index contributed by atoms with van der Waals surface area (Å²) in [5.41, 5.74) is 0. The van der Waals surface area contributed by atoms with Gasteiger partial charge in [0.2, 0.25) is 0 Å². The molecule has 1 aliphatic rings. The Bertz CT molecular complexity index is 243. The van der Waals surface area contributed by atoms with Gasteiger partial charge in [0.25, 0.3) is 0 Å². The molecule has 0 aromatic heterocycles. The van der Waals surface area contributed by atoms with Gasteiger partial charge >= 0.3 is 0 Å². The van der Waals surface area contributed by atoms with Crippen molar-refractivity contribution in [3.8, 4) is 0 Å². The van der Waals surface area contributed by atoms with Crippen molar-refractivity contribution in [1.82, 2.24) is 15.5 Å². The summed E-state index contributed by atoms with van der Waals surface area (Å²) in [5, 5.41) is 6.67. The molecule has 1 aliphatic heterocycles. The maximum atomic E-state index is 5.02. The van der Waals surface area contributed by atoms with Crippen LogP contribution >= 0.6 is 24.0 Å². The summed E-state index contributed by atoms with van der Waals surface area (Å²) in [6.07, 6.45) is 6.50. The predicted molar refractivity (Wildman–Crippen MR) is 96.2 cm³/mol. The van der Waals surface area contributed by atoms with Crippen molar-refractivity contribution in [2.24, 2.45) is 4.99 Å². The van der Waals surface area contributed by atoms with E-state index < -0.39 is 0 Å². The van der Waals surface area contributed by atoms with E-state index >= 15 is 0 Å². The Kier molecular flexibility index (Phi) is 13.8. The molecular weight excluding hydrogens is 367 g/mol. The molecule has 0 saturated carbocycles. The molecule has 120 valence electrons. The molecule has 0 amide bonds. The summed E-state index contributed by atoms with van der Waals surface area (Å²) in [6, 6.07) is 0. The van der Waals surface area contributed by atoms with Gasteiger partial charge in [-0.15, -0.1) is 24.0 Å². The zero-order valence-corrected chi connectivity index (χ0v) is 15.3. The van der Waals surface area contributed by atoms with Crippen LogP contribution in [-0.2, 0) is 4.74 Å². The standard InChI is InChI=1S/C14H30N4O.HI/c1-15-14(16-8-7-13-19-2)17-9-12-18-10-5-3-4-6-11-18;/h3-13H2,1-2H3,(H2,15,16,17);1H. The molecule has 0 bridgehead atoms. The number of likely N-dealkylation sites (tertiary alicyclic amines) is 1. The Morgan fingerprint density at radius 3 is 2.35 bits per heavy atom. The summed E-state index contributed by atoms with van der Waals surface area (Å²) >= 11 is 0. The van der Waals surface area contributed by atoms with E-state index in [1.165, 1.54) is 38.8 Å². The van der Waals surface area contributed by atoms with E-state index in [-0.39, 0.29) is 24.0 Å². The van der Waals surface area contributed by atoms with Crippen LogP contribution in [0.3, 0.4) is 0 Å². The molecule has 20 heavy (non-hydrogen) atoms. The number of nitrogens with zero attached hydrogens (tertiary/aromatic N) is 2. The highest BCUT2D eigenvalue weighted by Crippen LogP contribution is 2.08. The number of aliphatic imine (C=N–C) groups is 1. The highest BCUT2D eigenvalue weighted by atomic mass is 127. The SMILES string of the molecule is CN=C(NCCCOC)NCCN1CCCCCC1.I. The monoisotopic (exact) mass is 398 g/mol. The van der Waals surface area contributed by atoms with E-state index in [0.717, 1.165) is 38.6 Å². The average molecular weight is 398 g/mol. The van der Waals surface area contributed by atoms with E-state index in [4.69, 9.17) is 4.74 Å². The smallest absolute Gasteiger partial charge is 0.191 e. The molecule has 1 saturated heterocycles. The minimum atomic E-state index is 0. The number of guanidine groups is 1. The summed E-state index contributed by atoms with van der Waals surface area (Å²) in [5.74, 6) is 0.894. The third-order valence-corrected chi connectivity index (χ3v) is 3.46. The number of ether oxygens (including phenoxy) is 1. The topological polar surface area (TPSA) is 48.9 Å². The average Bonchev–Trinajstić information content (AvgIpc) is 2.70. The third-order valence-electron chi connectivity index (χ3n) is 3.46. The van der Waals surface area contributed by atoms with Gasteiger partial charge in [-0.05, 0) is 32.4 Å². The number of hydrogen-bond acceptors (Lipinski definition) is 3. The summed E-state index contributed by atoms with van der Waals surface area (Å²) in [7, 11) is 3.55. The maximum absolute atomic E-state index is 5.02. The first-order valence-corrected chi connectivity index (χ1v) is 7.52. The number of nitrogens with one attached hydrogen (secondary N) is 2. The fraction of sp³-hybridized carbons (Fsp3) is 0.929. The van der Waals surface area contributed by atoms with Gasteiger partial charge in [0.15, 0.2) is 5.96 Å². The van der Waals surface area contributed by atoms with Crippen LogP contribution in [-0.4, -0.2) is 64.3 Å². The van der Waals surface area contributed by atoms with Crippen molar-refractivity contribution in [1.29, 1.82) is 0 Å². The molecule has 6 heteroatoms. The molecule has 1 rings (SSSR count). The lowest BCUT2D eigenvalue weighted by Gasteiger charge is -2.20. The van der Waals surface area contributed by atoms with Crippen LogP contribution in [0.25, 0.3) is 0 Å². The third kappa shape index (κ3) is 9.77. The molecule has 0 aromatic carbocycles. The Morgan fingerprint density at radius 2 is 1.75 bits per heavy atom.